The van der Waals surface area contributed by atoms with Crippen molar-refractivity contribution in [2.24, 2.45) is 0 Å². The Labute approximate surface area is 119 Å². The molecule has 2 aromatic rings. The van der Waals surface area contributed by atoms with Crippen molar-refractivity contribution in [3.63, 3.8) is 0 Å². The molecule has 2 rings (SSSR count). The van der Waals surface area contributed by atoms with Gasteiger partial charge in [-0.25, -0.2) is 4.98 Å². The highest BCUT2D eigenvalue weighted by molar-refractivity contribution is 5.50. The Morgan fingerprint density at radius 3 is 2.80 bits per heavy atom. The molecule has 5 heteroatoms. The molecule has 0 unspecified atom stereocenters. The van der Waals surface area contributed by atoms with E-state index in [4.69, 9.17) is 10.5 Å². The summed E-state index contributed by atoms with van der Waals surface area (Å²) < 4.78 is 5.41. The molecule has 1 heterocycles. The third-order valence-electron chi connectivity index (χ3n) is 3.05. The summed E-state index contributed by atoms with van der Waals surface area (Å²) in [4.78, 5) is 8.66. The van der Waals surface area contributed by atoms with Crippen LogP contribution in [0.4, 0.5) is 11.6 Å². The summed E-state index contributed by atoms with van der Waals surface area (Å²) in [5.41, 5.74) is 9.78. The molecule has 5 nitrogen and oxygen atoms in total. The molecule has 0 aliphatic carbocycles. The first-order valence-corrected chi connectivity index (χ1v) is 6.66. The van der Waals surface area contributed by atoms with Gasteiger partial charge in [0.05, 0.1) is 6.61 Å². The van der Waals surface area contributed by atoms with Crippen molar-refractivity contribution in [2.75, 3.05) is 17.7 Å². The minimum atomic E-state index is 0.565. The summed E-state index contributed by atoms with van der Waals surface area (Å²) in [7, 11) is 0. The van der Waals surface area contributed by atoms with E-state index < -0.39 is 0 Å². The number of ether oxygens (including phenoxy) is 1. The second-order valence-electron chi connectivity index (χ2n) is 4.59. The maximum Gasteiger partial charge on any atom is 0.226 e. The highest BCUT2D eigenvalue weighted by Gasteiger charge is 2.05. The number of hydrogen-bond donors (Lipinski definition) is 2. The van der Waals surface area contributed by atoms with E-state index in [1.807, 2.05) is 45.0 Å². The minimum Gasteiger partial charge on any atom is -0.478 e. The minimum absolute atomic E-state index is 0.565. The van der Waals surface area contributed by atoms with Gasteiger partial charge in [-0.3, -0.25) is 0 Å². The van der Waals surface area contributed by atoms with Crippen LogP contribution in [-0.2, 0) is 6.54 Å². The standard InChI is InChI=1S/C15H20N4O/c1-4-20-14-8-10(2)18-15(19-14)17-9-12-6-5-7-13(16)11(12)3/h5-8H,4,9,16H2,1-3H3,(H,17,18,19). The van der Waals surface area contributed by atoms with Crippen molar-refractivity contribution in [2.45, 2.75) is 27.3 Å². The normalized spacial score (nSPS) is 10.3. The molecule has 0 spiro atoms. The molecule has 0 radical (unpaired) electrons. The Hall–Kier alpha value is -2.30. The first-order valence-electron chi connectivity index (χ1n) is 6.66. The number of aromatic nitrogens is 2. The molecule has 3 N–H and O–H groups in total. The zero-order valence-electron chi connectivity index (χ0n) is 12.1. The summed E-state index contributed by atoms with van der Waals surface area (Å²) in [5, 5.41) is 3.21. The predicted molar refractivity (Wildman–Crippen MR) is 80.9 cm³/mol. The SMILES string of the molecule is CCOc1cc(C)nc(NCc2cccc(N)c2C)n1. The van der Waals surface area contributed by atoms with Crippen molar-refractivity contribution in [3.8, 4) is 5.88 Å². The van der Waals surface area contributed by atoms with Crippen LogP contribution in [0.25, 0.3) is 0 Å². The number of nitrogens with two attached hydrogens (primary N) is 1. The van der Waals surface area contributed by atoms with Gasteiger partial charge in [0, 0.05) is 24.0 Å². The quantitative estimate of drug-likeness (QED) is 0.819. The number of nitrogens with one attached hydrogen (secondary N) is 1. The molecule has 0 bridgehead atoms. The third-order valence-corrected chi connectivity index (χ3v) is 3.05. The average molecular weight is 272 g/mol. The van der Waals surface area contributed by atoms with Crippen LogP contribution in [0.2, 0.25) is 0 Å². The lowest BCUT2D eigenvalue weighted by molar-refractivity contribution is 0.326. The van der Waals surface area contributed by atoms with Gasteiger partial charge in [-0.15, -0.1) is 0 Å². The molecular formula is C15H20N4O. The third kappa shape index (κ3) is 3.38. The van der Waals surface area contributed by atoms with Crippen LogP contribution in [0.5, 0.6) is 5.88 Å². The number of aryl methyl sites for hydroxylation is 1. The van der Waals surface area contributed by atoms with Crippen LogP contribution in [0.15, 0.2) is 24.3 Å². The molecule has 0 aliphatic rings. The molecule has 1 aromatic carbocycles. The summed E-state index contributed by atoms with van der Waals surface area (Å²) in [5.74, 6) is 1.15. The van der Waals surface area contributed by atoms with Crippen molar-refractivity contribution in [1.29, 1.82) is 0 Å². The highest BCUT2D eigenvalue weighted by atomic mass is 16.5. The number of nitrogens with zero attached hydrogens (tertiary/aromatic N) is 2. The molecule has 106 valence electrons. The van der Waals surface area contributed by atoms with Crippen LogP contribution in [0.1, 0.15) is 23.7 Å². The Bertz CT molecular complexity index is 598. The van der Waals surface area contributed by atoms with Crippen molar-refractivity contribution >= 4 is 11.6 Å². The fourth-order valence-corrected chi connectivity index (χ4v) is 1.91. The zero-order valence-corrected chi connectivity index (χ0v) is 12.1. The number of anilines is 2. The average Bonchev–Trinajstić information content (AvgIpc) is 2.40. The summed E-state index contributed by atoms with van der Waals surface area (Å²) in [6.45, 7) is 7.08. The topological polar surface area (TPSA) is 73.1 Å². The summed E-state index contributed by atoms with van der Waals surface area (Å²) in [6, 6.07) is 7.70. The molecule has 0 aliphatic heterocycles. The molecule has 20 heavy (non-hydrogen) atoms. The first-order chi connectivity index (χ1) is 9.60. The van der Waals surface area contributed by atoms with Crippen LogP contribution in [0, 0.1) is 13.8 Å². The first kappa shape index (κ1) is 14.1. The zero-order chi connectivity index (χ0) is 14.5. The number of rotatable bonds is 5. The second-order valence-corrected chi connectivity index (χ2v) is 4.59. The molecule has 0 amide bonds. The maximum atomic E-state index is 5.90. The van der Waals surface area contributed by atoms with E-state index in [2.05, 4.69) is 15.3 Å². The van der Waals surface area contributed by atoms with Gasteiger partial charge in [-0.2, -0.15) is 4.98 Å². The molecular weight excluding hydrogens is 252 g/mol. The van der Waals surface area contributed by atoms with E-state index in [-0.39, 0.29) is 0 Å². The maximum absolute atomic E-state index is 5.90. The van der Waals surface area contributed by atoms with Gasteiger partial charge < -0.3 is 15.8 Å². The molecule has 0 fully saturated rings. The van der Waals surface area contributed by atoms with Crippen molar-refractivity contribution in [1.82, 2.24) is 9.97 Å². The lowest BCUT2D eigenvalue weighted by Crippen LogP contribution is -2.07. The van der Waals surface area contributed by atoms with Gasteiger partial charge in [-0.1, -0.05) is 12.1 Å². The lowest BCUT2D eigenvalue weighted by atomic mass is 10.1. The van der Waals surface area contributed by atoms with Gasteiger partial charge >= 0.3 is 0 Å². The van der Waals surface area contributed by atoms with Gasteiger partial charge in [0.15, 0.2) is 0 Å². The molecule has 0 atom stereocenters. The molecule has 0 saturated heterocycles. The fraction of sp³-hybridized carbons (Fsp3) is 0.333. The van der Waals surface area contributed by atoms with Gasteiger partial charge in [-0.05, 0) is 38.0 Å². The van der Waals surface area contributed by atoms with Crippen LogP contribution in [-0.4, -0.2) is 16.6 Å². The lowest BCUT2D eigenvalue weighted by Gasteiger charge is -2.11. The van der Waals surface area contributed by atoms with Crippen molar-refractivity contribution < 1.29 is 4.74 Å². The second kappa shape index (κ2) is 6.23. The predicted octanol–water partition coefficient (Wildman–Crippen LogP) is 2.69. The van der Waals surface area contributed by atoms with Crippen LogP contribution in [0.3, 0.4) is 0 Å². The van der Waals surface area contributed by atoms with E-state index in [0.717, 1.165) is 22.5 Å². The number of nitrogen functional groups attached to an aromatic ring is 1. The Balaban J connectivity index is 2.12. The van der Waals surface area contributed by atoms with Gasteiger partial charge in [0.2, 0.25) is 11.8 Å². The Kier molecular flexibility index (Phi) is 4.40. The van der Waals surface area contributed by atoms with E-state index in [1.165, 1.54) is 0 Å². The Morgan fingerprint density at radius 2 is 2.05 bits per heavy atom. The van der Waals surface area contributed by atoms with E-state index >= 15 is 0 Å². The van der Waals surface area contributed by atoms with E-state index in [0.29, 0.717) is 25.0 Å². The Morgan fingerprint density at radius 1 is 1.25 bits per heavy atom. The van der Waals surface area contributed by atoms with E-state index in [9.17, 15) is 0 Å². The van der Waals surface area contributed by atoms with Crippen LogP contribution >= 0.6 is 0 Å². The largest absolute Gasteiger partial charge is 0.478 e. The number of hydrogen-bond acceptors (Lipinski definition) is 5. The summed E-state index contributed by atoms with van der Waals surface area (Å²) in [6.07, 6.45) is 0. The molecule has 0 saturated carbocycles. The number of benzene rings is 1. The highest BCUT2D eigenvalue weighted by Crippen LogP contribution is 2.17. The monoisotopic (exact) mass is 272 g/mol. The molecule has 1 aromatic heterocycles. The smallest absolute Gasteiger partial charge is 0.226 e. The van der Waals surface area contributed by atoms with Crippen LogP contribution < -0.4 is 15.8 Å². The van der Waals surface area contributed by atoms with Crippen molar-refractivity contribution in [3.05, 3.63) is 41.1 Å². The van der Waals surface area contributed by atoms with Gasteiger partial charge in [0.1, 0.15) is 0 Å². The van der Waals surface area contributed by atoms with E-state index in [1.54, 1.807) is 0 Å². The fourth-order valence-electron chi connectivity index (χ4n) is 1.91. The van der Waals surface area contributed by atoms with Gasteiger partial charge in [0.25, 0.3) is 0 Å². The summed E-state index contributed by atoms with van der Waals surface area (Å²) >= 11 is 0.